The van der Waals surface area contributed by atoms with Crippen LogP contribution in [0.15, 0.2) is 94.6 Å². The fourth-order valence-corrected chi connectivity index (χ4v) is 7.37. The van der Waals surface area contributed by atoms with E-state index in [1.165, 1.54) is 46.6 Å². The highest BCUT2D eigenvalue weighted by Gasteiger charge is 2.55. The number of pyridine rings is 1. The van der Waals surface area contributed by atoms with Gasteiger partial charge in [0.05, 0.1) is 0 Å². The Morgan fingerprint density at radius 1 is 1.04 bits per heavy atom. The van der Waals surface area contributed by atoms with Crippen molar-refractivity contribution in [2.45, 2.75) is 43.9 Å². The van der Waals surface area contributed by atoms with Gasteiger partial charge in [-0.3, -0.25) is 19.3 Å². The lowest BCUT2D eigenvalue weighted by Crippen LogP contribution is -2.71. The number of carbonyl (C=O) groups is 5. The van der Waals surface area contributed by atoms with Crippen molar-refractivity contribution >= 4 is 65.2 Å². The maximum Gasteiger partial charge on any atom is 0.356 e. The summed E-state index contributed by atoms with van der Waals surface area (Å²) in [7, 11) is 0. The van der Waals surface area contributed by atoms with Gasteiger partial charge >= 0.3 is 11.9 Å². The summed E-state index contributed by atoms with van der Waals surface area (Å²) in [5.41, 5.74) is 0.527. The number of ether oxygens (including phenoxy) is 2. The van der Waals surface area contributed by atoms with Crippen molar-refractivity contribution in [2.24, 2.45) is 5.16 Å². The SMILES string of the molecule is CSC1=C(C(=O)OC(c2ccccc2)c2ccccc2)N2C(=O)C(NC(=O)/C(=N/OCC(=O)OC(C)(C)C)c3cccc(NC=O)n3)[C@H]2SC1. The molecule has 1 unspecified atom stereocenters. The zero-order chi connectivity index (χ0) is 35.8. The molecule has 13 nitrogen and oxygen atoms in total. The molecule has 15 heteroatoms. The number of fused-ring (bicyclic) bond motifs is 1. The first kappa shape index (κ1) is 36.1. The van der Waals surface area contributed by atoms with Crippen LogP contribution in [-0.4, -0.2) is 81.4 Å². The van der Waals surface area contributed by atoms with Crippen LogP contribution in [0, 0.1) is 0 Å². The van der Waals surface area contributed by atoms with Crippen molar-refractivity contribution in [1.82, 2.24) is 15.2 Å². The number of esters is 2. The van der Waals surface area contributed by atoms with Gasteiger partial charge < -0.3 is 24.9 Å². The van der Waals surface area contributed by atoms with Gasteiger partial charge in [-0.2, -0.15) is 0 Å². The molecule has 3 heterocycles. The van der Waals surface area contributed by atoms with Gasteiger partial charge in [-0.05, 0) is 50.3 Å². The molecule has 0 saturated carbocycles. The first-order valence-corrected chi connectivity index (χ1v) is 17.7. The summed E-state index contributed by atoms with van der Waals surface area (Å²) < 4.78 is 11.3. The number of oxime groups is 1. The second kappa shape index (κ2) is 16.0. The molecule has 0 spiro atoms. The van der Waals surface area contributed by atoms with E-state index in [1.807, 2.05) is 66.9 Å². The number of hydrogen-bond donors (Lipinski definition) is 2. The maximum atomic E-state index is 13.9. The van der Waals surface area contributed by atoms with Crippen LogP contribution in [0.5, 0.6) is 0 Å². The number of rotatable bonds is 13. The van der Waals surface area contributed by atoms with Crippen molar-refractivity contribution < 1.29 is 38.3 Å². The third-order valence-electron chi connectivity index (χ3n) is 7.26. The minimum absolute atomic E-state index is 0.000150. The van der Waals surface area contributed by atoms with Crippen molar-refractivity contribution in [3.63, 3.8) is 0 Å². The molecule has 1 saturated heterocycles. The van der Waals surface area contributed by atoms with E-state index in [0.29, 0.717) is 17.1 Å². The van der Waals surface area contributed by atoms with Crippen LogP contribution in [0.4, 0.5) is 5.82 Å². The molecule has 5 rings (SSSR count). The lowest BCUT2D eigenvalue weighted by atomic mass is 10.0. The van der Waals surface area contributed by atoms with E-state index in [9.17, 15) is 24.0 Å². The predicted molar refractivity (Wildman–Crippen MR) is 189 cm³/mol. The van der Waals surface area contributed by atoms with E-state index in [4.69, 9.17) is 14.3 Å². The number of anilines is 1. The van der Waals surface area contributed by atoms with E-state index in [0.717, 1.165) is 11.1 Å². The van der Waals surface area contributed by atoms with E-state index >= 15 is 0 Å². The quantitative estimate of drug-likeness (QED) is 0.0863. The monoisotopic (exact) mass is 717 g/mol. The summed E-state index contributed by atoms with van der Waals surface area (Å²) in [5.74, 6) is -2.22. The standard InChI is InChI=1S/C35H35N5O8S2/c1-35(2,3)48-26(42)18-46-39-27(23-16-11-17-25(37-23)36-20-41)31(43)38-28-32(44)40-29(24(49-4)19-50-33(28)40)34(45)47-30(21-12-7-5-8-13-21)22-14-9-6-10-15-22/h5-17,20,28,30,33H,18-19H2,1-4H3,(H,38,43)(H,36,37,41)/b39-27+/t28?,33-/m1/s1. The lowest BCUT2D eigenvalue weighted by molar-refractivity contribution is -0.160. The van der Waals surface area contributed by atoms with Crippen molar-refractivity contribution in [2.75, 3.05) is 23.9 Å². The second-order valence-electron chi connectivity index (χ2n) is 11.9. The molecule has 2 N–H and O–H groups in total. The molecule has 260 valence electrons. The van der Waals surface area contributed by atoms with Crippen LogP contribution < -0.4 is 10.6 Å². The summed E-state index contributed by atoms with van der Waals surface area (Å²) >= 11 is 2.73. The average Bonchev–Trinajstić information content (AvgIpc) is 3.10. The molecule has 50 heavy (non-hydrogen) atoms. The Morgan fingerprint density at radius 2 is 1.70 bits per heavy atom. The molecule has 1 aromatic heterocycles. The zero-order valence-corrected chi connectivity index (χ0v) is 29.3. The largest absolute Gasteiger partial charge is 0.457 e. The molecule has 0 aliphatic carbocycles. The number of thioether (sulfide) groups is 2. The molecule has 1 fully saturated rings. The Bertz CT molecular complexity index is 1770. The number of nitrogens with one attached hydrogen (secondary N) is 2. The van der Waals surface area contributed by atoms with Gasteiger partial charge in [0.2, 0.25) is 13.0 Å². The Morgan fingerprint density at radius 3 is 2.30 bits per heavy atom. The number of hydrogen-bond acceptors (Lipinski definition) is 12. The Hall–Kier alpha value is -5.15. The summed E-state index contributed by atoms with van der Waals surface area (Å²) in [6, 6.07) is 22.1. The summed E-state index contributed by atoms with van der Waals surface area (Å²) in [5, 5.41) is 8.33. The van der Waals surface area contributed by atoms with Crippen LogP contribution in [-0.2, 0) is 38.3 Å². The van der Waals surface area contributed by atoms with E-state index < -0.39 is 53.5 Å². The summed E-state index contributed by atoms with van der Waals surface area (Å²) in [4.78, 5) is 76.0. The minimum atomic E-state index is -1.04. The van der Waals surface area contributed by atoms with Gasteiger partial charge in [-0.15, -0.1) is 23.5 Å². The molecule has 3 amide bonds. The molecule has 0 radical (unpaired) electrons. The molecular formula is C35H35N5O8S2. The third-order valence-corrected chi connectivity index (χ3v) is 9.55. The van der Waals surface area contributed by atoms with E-state index in [2.05, 4.69) is 20.8 Å². The zero-order valence-electron chi connectivity index (χ0n) is 27.7. The van der Waals surface area contributed by atoms with Crippen LogP contribution in [0.25, 0.3) is 0 Å². The number of aromatic nitrogens is 1. The summed E-state index contributed by atoms with van der Waals surface area (Å²) in [6.45, 7) is 4.48. The maximum absolute atomic E-state index is 13.9. The second-order valence-corrected chi connectivity index (χ2v) is 13.9. The molecule has 2 aliphatic rings. The molecule has 2 aromatic carbocycles. The number of benzene rings is 2. The van der Waals surface area contributed by atoms with E-state index in [-0.39, 0.29) is 22.9 Å². The van der Waals surface area contributed by atoms with Gasteiger partial charge in [0.25, 0.3) is 11.8 Å². The Balaban J connectivity index is 1.36. The van der Waals surface area contributed by atoms with Crippen LogP contribution in [0.3, 0.4) is 0 Å². The highest BCUT2D eigenvalue weighted by Crippen LogP contribution is 2.44. The highest BCUT2D eigenvalue weighted by atomic mass is 32.2. The Kier molecular flexibility index (Phi) is 11.6. The van der Waals surface area contributed by atoms with Crippen molar-refractivity contribution in [1.29, 1.82) is 0 Å². The Labute approximate surface area is 297 Å². The topological polar surface area (TPSA) is 166 Å². The number of amides is 3. The van der Waals surface area contributed by atoms with Gasteiger partial charge in [-0.25, -0.2) is 14.6 Å². The van der Waals surface area contributed by atoms with Crippen LogP contribution >= 0.6 is 23.5 Å². The smallest absolute Gasteiger partial charge is 0.356 e. The van der Waals surface area contributed by atoms with Gasteiger partial charge in [0.1, 0.15) is 34.2 Å². The van der Waals surface area contributed by atoms with Crippen molar-refractivity contribution in [3.8, 4) is 0 Å². The minimum Gasteiger partial charge on any atom is -0.457 e. The molecular weight excluding hydrogens is 683 g/mol. The molecule has 0 bridgehead atoms. The average molecular weight is 718 g/mol. The molecule has 2 aliphatic heterocycles. The predicted octanol–water partition coefficient (Wildman–Crippen LogP) is 4.02. The highest BCUT2D eigenvalue weighted by molar-refractivity contribution is 8.05. The third kappa shape index (κ3) is 8.52. The first-order valence-electron chi connectivity index (χ1n) is 15.4. The lowest BCUT2D eigenvalue weighted by Gasteiger charge is -2.49. The number of carbonyl (C=O) groups excluding carboxylic acids is 5. The first-order chi connectivity index (χ1) is 24.0. The normalized spacial score (nSPS) is 17.3. The number of nitrogens with zero attached hydrogens (tertiary/aromatic N) is 3. The van der Waals surface area contributed by atoms with Gasteiger partial charge in [0, 0.05) is 10.7 Å². The van der Waals surface area contributed by atoms with Crippen molar-refractivity contribution in [3.05, 3.63) is 106 Å². The molecule has 3 aromatic rings. The van der Waals surface area contributed by atoms with Crippen LogP contribution in [0.2, 0.25) is 0 Å². The number of β-lactam (4-membered cyclic amide) rings is 1. The van der Waals surface area contributed by atoms with Crippen LogP contribution in [0.1, 0.15) is 43.7 Å². The van der Waals surface area contributed by atoms with Gasteiger partial charge in [-0.1, -0.05) is 71.9 Å². The fourth-order valence-electron chi connectivity index (χ4n) is 5.13. The molecule has 2 atom stereocenters. The summed E-state index contributed by atoms with van der Waals surface area (Å²) in [6.07, 6.45) is 1.52. The fraction of sp³-hybridized carbons (Fsp3) is 0.286. The van der Waals surface area contributed by atoms with E-state index in [1.54, 1.807) is 20.8 Å². The van der Waals surface area contributed by atoms with Gasteiger partial charge in [0.15, 0.2) is 11.8 Å².